The highest BCUT2D eigenvalue weighted by molar-refractivity contribution is 5.95. The SMILES string of the molecule is Cc1c(-c2cc3ccccc3n2CC2CCOCC2)nc2cc(C(=O)N3CCC[C@@H](N)C3)ccn12. The molecule has 1 atom stereocenters. The van der Waals surface area contributed by atoms with E-state index in [1.165, 1.54) is 10.9 Å². The van der Waals surface area contributed by atoms with Crippen LogP contribution in [-0.2, 0) is 11.3 Å². The van der Waals surface area contributed by atoms with E-state index in [9.17, 15) is 4.79 Å². The van der Waals surface area contributed by atoms with Crippen molar-refractivity contribution in [2.24, 2.45) is 11.7 Å². The summed E-state index contributed by atoms with van der Waals surface area (Å²) in [5, 5.41) is 1.23. The minimum Gasteiger partial charge on any atom is -0.381 e. The first-order chi connectivity index (χ1) is 17.1. The highest BCUT2D eigenvalue weighted by Crippen LogP contribution is 2.32. The van der Waals surface area contributed by atoms with Crippen LogP contribution in [0.15, 0.2) is 48.7 Å². The average molecular weight is 472 g/mol. The fourth-order valence-electron chi connectivity index (χ4n) is 5.71. The van der Waals surface area contributed by atoms with Gasteiger partial charge in [0.05, 0.1) is 5.69 Å². The number of hydrogen-bond acceptors (Lipinski definition) is 4. The predicted octanol–water partition coefficient (Wildman–Crippen LogP) is 4.25. The maximum absolute atomic E-state index is 13.2. The van der Waals surface area contributed by atoms with E-state index >= 15 is 0 Å². The maximum atomic E-state index is 13.2. The number of benzene rings is 1. The fourth-order valence-corrected chi connectivity index (χ4v) is 5.71. The zero-order valence-corrected chi connectivity index (χ0v) is 20.3. The van der Waals surface area contributed by atoms with E-state index in [4.69, 9.17) is 15.5 Å². The van der Waals surface area contributed by atoms with E-state index < -0.39 is 0 Å². The van der Waals surface area contributed by atoms with Crippen molar-refractivity contribution in [2.75, 3.05) is 26.3 Å². The molecule has 2 aliphatic heterocycles. The van der Waals surface area contributed by atoms with Crippen LogP contribution in [-0.4, -0.2) is 57.1 Å². The lowest BCUT2D eigenvalue weighted by molar-refractivity contribution is 0.0617. The van der Waals surface area contributed by atoms with Gasteiger partial charge in [0.2, 0.25) is 0 Å². The molecule has 0 aliphatic carbocycles. The maximum Gasteiger partial charge on any atom is 0.254 e. The zero-order valence-electron chi connectivity index (χ0n) is 20.3. The highest BCUT2D eigenvalue weighted by Gasteiger charge is 2.24. The van der Waals surface area contributed by atoms with E-state index in [1.807, 2.05) is 23.2 Å². The lowest BCUT2D eigenvalue weighted by Gasteiger charge is -2.30. The summed E-state index contributed by atoms with van der Waals surface area (Å²) in [7, 11) is 0. The van der Waals surface area contributed by atoms with Crippen molar-refractivity contribution in [3.05, 3.63) is 59.9 Å². The molecule has 2 N–H and O–H groups in total. The van der Waals surface area contributed by atoms with Crippen LogP contribution >= 0.6 is 0 Å². The second-order valence-electron chi connectivity index (χ2n) is 10.1. The van der Waals surface area contributed by atoms with Crippen LogP contribution in [0.25, 0.3) is 27.9 Å². The number of imidazole rings is 1. The number of para-hydroxylation sites is 1. The van der Waals surface area contributed by atoms with Gasteiger partial charge in [-0.2, -0.15) is 0 Å². The first-order valence-corrected chi connectivity index (χ1v) is 12.8. The molecule has 0 bridgehead atoms. The van der Waals surface area contributed by atoms with Gasteiger partial charge in [0, 0.05) is 67.2 Å². The van der Waals surface area contributed by atoms with E-state index in [2.05, 4.69) is 46.2 Å². The number of carbonyl (C=O) groups is 1. The van der Waals surface area contributed by atoms with Gasteiger partial charge in [-0.3, -0.25) is 4.79 Å². The van der Waals surface area contributed by atoms with Crippen LogP contribution in [0.5, 0.6) is 0 Å². The molecule has 7 nitrogen and oxygen atoms in total. The van der Waals surface area contributed by atoms with Crippen molar-refractivity contribution in [2.45, 2.75) is 45.2 Å². The molecule has 1 amide bonds. The van der Waals surface area contributed by atoms with Gasteiger partial charge in [-0.15, -0.1) is 0 Å². The summed E-state index contributed by atoms with van der Waals surface area (Å²) in [5.74, 6) is 0.634. The number of ether oxygens (including phenoxy) is 1. The number of nitrogens with two attached hydrogens (primary N) is 1. The van der Waals surface area contributed by atoms with Gasteiger partial charge in [0.25, 0.3) is 5.91 Å². The van der Waals surface area contributed by atoms with Gasteiger partial charge in [-0.25, -0.2) is 4.98 Å². The Morgan fingerprint density at radius 1 is 1.14 bits per heavy atom. The van der Waals surface area contributed by atoms with Gasteiger partial charge in [-0.1, -0.05) is 18.2 Å². The minimum absolute atomic E-state index is 0.0403. The number of fused-ring (bicyclic) bond motifs is 2. The van der Waals surface area contributed by atoms with Gasteiger partial charge in [0.1, 0.15) is 11.3 Å². The Morgan fingerprint density at radius 3 is 2.80 bits per heavy atom. The molecule has 2 saturated heterocycles. The summed E-state index contributed by atoms with van der Waals surface area (Å²) in [6.45, 7) is 6.13. The van der Waals surface area contributed by atoms with E-state index in [1.54, 1.807) is 0 Å². The molecule has 1 aromatic carbocycles. The number of aromatic nitrogens is 3. The Kier molecular flexibility index (Phi) is 5.82. The number of amides is 1. The molecule has 182 valence electrons. The van der Waals surface area contributed by atoms with Crippen molar-refractivity contribution in [3.8, 4) is 11.4 Å². The van der Waals surface area contributed by atoms with E-state index in [0.717, 1.165) is 74.7 Å². The molecule has 2 aliphatic rings. The molecule has 0 unspecified atom stereocenters. The third kappa shape index (κ3) is 4.13. The summed E-state index contributed by atoms with van der Waals surface area (Å²) in [4.78, 5) is 20.1. The van der Waals surface area contributed by atoms with Gasteiger partial charge in [0.15, 0.2) is 0 Å². The molecule has 3 aromatic heterocycles. The molecule has 0 saturated carbocycles. The second kappa shape index (κ2) is 9.13. The summed E-state index contributed by atoms with van der Waals surface area (Å²) in [6, 6.07) is 14.7. The van der Waals surface area contributed by atoms with Crippen molar-refractivity contribution < 1.29 is 9.53 Å². The van der Waals surface area contributed by atoms with Gasteiger partial charge in [-0.05, 0) is 62.8 Å². The average Bonchev–Trinajstić information content (AvgIpc) is 3.41. The summed E-state index contributed by atoms with van der Waals surface area (Å²) < 4.78 is 10.1. The smallest absolute Gasteiger partial charge is 0.254 e. The Balaban J connectivity index is 1.39. The number of likely N-dealkylation sites (tertiary alicyclic amines) is 1. The number of carbonyl (C=O) groups excluding carboxylic acids is 1. The number of pyridine rings is 1. The summed E-state index contributed by atoms with van der Waals surface area (Å²) >= 11 is 0. The third-order valence-electron chi connectivity index (χ3n) is 7.69. The molecular weight excluding hydrogens is 438 g/mol. The molecule has 5 heterocycles. The molecule has 0 spiro atoms. The molecular formula is C28H33N5O2. The third-order valence-corrected chi connectivity index (χ3v) is 7.69. The number of nitrogens with zero attached hydrogens (tertiary/aromatic N) is 4. The van der Waals surface area contributed by atoms with Crippen molar-refractivity contribution >= 4 is 22.5 Å². The van der Waals surface area contributed by atoms with Crippen molar-refractivity contribution in [1.82, 2.24) is 18.9 Å². The monoisotopic (exact) mass is 471 g/mol. The standard InChI is InChI=1S/C28H33N5O2/c1-19-27(25-15-21-5-2-3-7-24(21)33(25)17-20-9-13-35-14-10-20)30-26-16-22(8-12-32(19)26)28(34)31-11-4-6-23(29)18-31/h2-3,5,7-8,12,15-16,20,23H,4,6,9-11,13-14,17-18,29H2,1H3/t23-/m1/s1. The first kappa shape index (κ1) is 22.3. The number of aryl methyl sites for hydroxylation is 1. The van der Waals surface area contributed by atoms with Gasteiger partial charge < -0.3 is 24.3 Å². The zero-order chi connectivity index (χ0) is 23.9. The fraction of sp³-hybridized carbons (Fsp3) is 0.429. The van der Waals surface area contributed by atoms with E-state index in [-0.39, 0.29) is 11.9 Å². The minimum atomic E-state index is 0.0403. The van der Waals surface area contributed by atoms with Crippen LogP contribution < -0.4 is 5.73 Å². The largest absolute Gasteiger partial charge is 0.381 e. The van der Waals surface area contributed by atoms with Crippen LogP contribution in [0.2, 0.25) is 0 Å². The molecule has 0 radical (unpaired) electrons. The topological polar surface area (TPSA) is 77.8 Å². The number of piperidine rings is 1. The normalized spacial score (nSPS) is 19.6. The molecule has 4 aromatic rings. The van der Waals surface area contributed by atoms with E-state index in [0.29, 0.717) is 18.0 Å². The molecule has 2 fully saturated rings. The quantitative estimate of drug-likeness (QED) is 0.483. The van der Waals surface area contributed by atoms with Crippen LogP contribution in [0.1, 0.15) is 41.7 Å². The summed E-state index contributed by atoms with van der Waals surface area (Å²) in [6.07, 6.45) is 6.08. The molecule has 7 heteroatoms. The number of hydrogen-bond donors (Lipinski definition) is 1. The Labute approximate surface area is 205 Å². The van der Waals surface area contributed by atoms with Gasteiger partial charge >= 0.3 is 0 Å². The van der Waals surface area contributed by atoms with Crippen molar-refractivity contribution in [1.29, 1.82) is 0 Å². The molecule has 6 rings (SSSR count). The predicted molar refractivity (Wildman–Crippen MR) is 138 cm³/mol. The lowest BCUT2D eigenvalue weighted by Crippen LogP contribution is -2.45. The van der Waals surface area contributed by atoms with Crippen LogP contribution in [0.4, 0.5) is 0 Å². The summed E-state index contributed by atoms with van der Waals surface area (Å²) in [5.41, 5.74) is 12.0. The Hall–Kier alpha value is -3.16. The Bertz CT molecular complexity index is 1380. The second-order valence-corrected chi connectivity index (χ2v) is 10.1. The first-order valence-electron chi connectivity index (χ1n) is 12.8. The highest BCUT2D eigenvalue weighted by atomic mass is 16.5. The van der Waals surface area contributed by atoms with Crippen LogP contribution in [0.3, 0.4) is 0 Å². The lowest BCUT2D eigenvalue weighted by atomic mass is 10.00. The van der Waals surface area contributed by atoms with Crippen LogP contribution in [0, 0.1) is 12.8 Å². The Morgan fingerprint density at radius 2 is 1.97 bits per heavy atom. The number of rotatable bonds is 4. The molecule has 35 heavy (non-hydrogen) atoms. The van der Waals surface area contributed by atoms with Crippen molar-refractivity contribution in [3.63, 3.8) is 0 Å².